The topological polar surface area (TPSA) is 80.0 Å². The lowest BCUT2D eigenvalue weighted by molar-refractivity contribution is -0.119. The first kappa shape index (κ1) is 20.6. The van der Waals surface area contributed by atoms with Gasteiger partial charge in [0.2, 0.25) is 5.91 Å². The van der Waals surface area contributed by atoms with Crippen molar-refractivity contribution in [2.75, 3.05) is 20.1 Å². The average Bonchev–Trinajstić information content (AvgIpc) is 2.71. The molecule has 0 aliphatic carbocycles. The number of benzene rings is 2. The molecule has 1 amide bonds. The van der Waals surface area contributed by atoms with Gasteiger partial charge < -0.3 is 20.7 Å². The Bertz CT molecular complexity index is 871. The largest absolute Gasteiger partial charge is 0.454 e. The van der Waals surface area contributed by atoms with E-state index in [1.54, 1.807) is 25.2 Å². The van der Waals surface area contributed by atoms with Crippen molar-refractivity contribution in [1.29, 1.82) is 0 Å². The van der Waals surface area contributed by atoms with Gasteiger partial charge in [0.1, 0.15) is 5.75 Å². The summed E-state index contributed by atoms with van der Waals surface area (Å²) in [6.07, 6.45) is 2.38. The lowest BCUT2D eigenvalue weighted by Crippen LogP contribution is -2.46. The van der Waals surface area contributed by atoms with Gasteiger partial charge in [-0.15, -0.1) is 0 Å². The summed E-state index contributed by atoms with van der Waals surface area (Å²) in [5, 5.41) is 3.36. The number of likely N-dealkylation sites (tertiary alicyclic amines) is 1. The first-order chi connectivity index (χ1) is 14.1. The normalized spacial score (nSPS) is 17.1. The molecule has 7 heteroatoms. The molecule has 3 rings (SSSR count). The van der Waals surface area contributed by atoms with Crippen molar-refractivity contribution < 1.29 is 13.9 Å². The van der Waals surface area contributed by atoms with E-state index in [0.717, 1.165) is 37.5 Å². The zero-order valence-electron chi connectivity index (χ0n) is 16.6. The van der Waals surface area contributed by atoms with Crippen LogP contribution in [-0.4, -0.2) is 36.9 Å². The summed E-state index contributed by atoms with van der Waals surface area (Å²) in [6, 6.07) is 13.9. The van der Waals surface area contributed by atoms with Crippen LogP contribution < -0.4 is 15.8 Å². The smallest absolute Gasteiger partial charge is 0.217 e. The van der Waals surface area contributed by atoms with Crippen LogP contribution in [0.25, 0.3) is 0 Å². The third-order valence-electron chi connectivity index (χ3n) is 4.99. The molecule has 1 atom stereocenters. The second-order valence-electron chi connectivity index (χ2n) is 7.17. The Kier molecular flexibility index (Phi) is 7.05. The number of nitrogens with two attached hydrogens (primary N) is 1. The second kappa shape index (κ2) is 9.91. The van der Waals surface area contributed by atoms with E-state index in [1.807, 2.05) is 24.3 Å². The van der Waals surface area contributed by atoms with Gasteiger partial charge in [-0.25, -0.2) is 4.39 Å². The number of ether oxygens (including phenoxy) is 1. The van der Waals surface area contributed by atoms with Gasteiger partial charge in [0.15, 0.2) is 17.5 Å². The highest BCUT2D eigenvalue weighted by Crippen LogP contribution is 2.27. The van der Waals surface area contributed by atoms with Crippen molar-refractivity contribution in [3.8, 4) is 11.5 Å². The van der Waals surface area contributed by atoms with E-state index < -0.39 is 5.82 Å². The molecule has 0 radical (unpaired) electrons. The van der Waals surface area contributed by atoms with E-state index in [2.05, 4.69) is 15.2 Å². The summed E-state index contributed by atoms with van der Waals surface area (Å²) < 4.78 is 19.7. The molecule has 1 aliphatic rings. The molecule has 0 spiro atoms. The lowest BCUT2D eigenvalue weighted by atomic mass is 9.95. The van der Waals surface area contributed by atoms with Crippen LogP contribution in [0.15, 0.2) is 53.5 Å². The Hall–Kier alpha value is -3.09. The van der Waals surface area contributed by atoms with Gasteiger partial charge in [-0.1, -0.05) is 30.3 Å². The number of piperidine rings is 1. The van der Waals surface area contributed by atoms with E-state index >= 15 is 0 Å². The van der Waals surface area contributed by atoms with Crippen LogP contribution in [0.1, 0.15) is 24.8 Å². The lowest BCUT2D eigenvalue weighted by Gasteiger charge is -2.34. The number of guanidine groups is 1. The number of nitrogens with zero attached hydrogens (tertiary/aromatic N) is 2. The van der Waals surface area contributed by atoms with Crippen molar-refractivity contribution in [1.82, 2.24) is 10.2 Å². The highest BCUT2D eigenvalue weighted by atomic mass is 19.1. The predicted octanol–water partition coefficient (Wildman–Crippen LogP) is 3.28. The molecule has 0 saturated carbocycles. The van der Waals surface area contributed by atoms with Crippen molar-refractivity contribution in [3.05, 3.63) is 59.9 Å². The third-order valence-corrected chi connectivity index (χ3v) is 4.99. The molecular formula is C22H27FN4O2. The quantitative estimate of drug-likeness (QED) is 0.578. The van der Waals surface area contributed by atoms with Gasteiger partial charge in [0, 0.05) is 38.7 Å². The monoisotopic (exact) mass is 398 g/mol. The average molecular weight is 398 g/mol. The van der Waals surface area contributed by atoms with Gasteiger partial charge in [0.05, 0.1) is 0 Å². The van der Waals surface area contributed by atoms with Gasteiger partial charge in [-0.2, -0.15) is 0 Å². The minimum atomic E-state index is -0.403. The first-order valence-corrected chi connectivity index (χ1v) is 9.81. The summed E-state index contributed by atoms with van der Waals surface area (Å²) in [6.45, 7) is 2.10. The molecule has 1 saturated heterocycles. The first-order valence-electron chi connectivity index (χ1n) is 9.81. The van der Waals surface area contributed by atoms with Gasteiger partial charge in [-0.05, 0) is 37.0 Å². The number of halogens is 1. The molecule has 1 heterocycles. The van der Waals surface area contributed by atoms with Crippen molar-refractivity contribution in [2.24, 2.45) is 16.6 Å². The molecule has 154 valence electrons. The molecule has 2 aromatic rings. The fourth-order valence-corrected chi connectivity index (χ4v) is 3.61. The zero-order chi connectivity index (χ0) is 20.6. The number of aliphatic imine (C=N–C) groups is 1. The van der Waals surface area contributed by atoms with Gasteiger partial charge in [0.25, 0.3) is 0 Å². The summed E-state index contributed by atoms with van der Waals surface area (Å²) in [5.41, 5.74) is 6.25. The number of nitrogens with one attached hydrogen (secondary N) is 1. The number of hydrogen-bond donors (Lipinski definition) is 2. The van der Waals surface area contributed by atoms with Crippen LogP contribution in [0, 0.1) is 11.7 Å². The molecule has 1 unspecified atom stereocenters. The fourth-order valence-electron chi connectivity index (χ4n) is 3.61. The number of amides is 1. The van der Waals surface area contributed by atoms with Gasteiger partial charge in [-0.3, -0.25) is 9.79 Å². The Morgan fingerprint density at radius 2 is 1.97 bits per heavy atom. The fraction of sp³-hybridized carbons (Fsp3) is 0.364. The summed E-state index contributed by atoms with van der Waals surface area (Å²) in [7, 11) is 1.74. The number of primary amides is 1. The SMILES string of the molecule is CN=C(NCc1ccccc1Oc1ccccc1F)N1CCCC(CC(N)=O)C1. The molecule has 1 aliphatic heterocycles. The van der Waals surface area contributed by atoms with E-state index in [9.17, 15) is 9.18 Å². The minimum absolute atomic E-state index is 0.189. The maximum absolute atomic E-state index is 13.9. The summed E-state index contributed by atoms with van der Waals surface area (Å²) in [4.78, 5) is 17.8. The standard InChI is InChI=1S/C22H27FN4O2/c1-25-22(27-12-6-7-16(15-27)13-21(24)28)26-14-17-8-2-4-10-19(17)29-20-11-5-3-9-18(20)23/h2-5,8-11,16H,6-7,12-15H2,1H3,(H2,24,28)(H,25,26). The Morgan fingerprint density at radius 3 is 2.69 bits per heavy atom. The van der Waals surface area contributed by atoms with Crippen LogP contribution in [0.4, 0.5) is 4.39 Å². The molecule has 1 fully saturated rings. The molecule has 6 nitrogen and oxygen atoms in total. The number of hydrogen-bond acceptors (Lipinski definition) is 3. The van der Waals surface area contributed by atoms with Crippen LogP contribution in [-0.2, 0) is 11.3 Å². The zero-order valence-corrected chi connectivity index (χ0v) is 16.6. The maximum atomic E-state index is 13.9. The van der Waals surface area contributed by atoms with Crippen molar-refractivity contribution in [2.45, 2.75) is 25.8 Å². The van der Waals surface area contributed by atoms with E-state index in [4.69, 9.17) is 10.5 Å². The number of carbonyl (C=O) groups excluding carboxylic acids is 1. The molecule has 0 aromatic heterocycles. The van der Waals surface area contributed by atoms with Crippen LogP contribution in [0.5, 0.6) is 11.5 Å². The Morgan fingerprint density at radius 1 is 1.24 bits per heavy atom. The van der Waals surface area contributed by atoms with Crippen molar-refractivity contribution in [3.63, 3.8) is 0 Å². The third kappa shape index (κ3) is 5.70. The molecule has 0 bridgehead atoms. The maximum Gasteiger partial charge on any atom is 0.217 e. The molecule has 3 N–H and O–H groups in total. The molecular weight excluding hydrogens is 371 g/mol. The Balaban J connectivity index is 1.66. The molecule has 2 aromatic carbocycles. The number of para-hydroxylation sites is 2. The minimum Gasteiger partial charge on any atom is -0.454 e. The Labute approximate surface area is 170 Å². The second-order valence-corrected chi connectivity index (χ2v) is 7.17. The van der Waals surface area contributed by atoms with E-state index in [1.165, 1.54) is 6.07 Å². The highest BCUT2D eigenvalue weighted by Gasteiger charge is 2.23. The van der Waals surface area contributed by atoms with E-state index in [0.29, 0.717) is 18.7 Å². The highest BCUT2D eigenvalue weighted by molar-refractivity contribution is 5.80. The summed E-state index contributed by atoms with van der Waals surface area (Å²) in [5.74, 6) is 1.12. The van der Waals surface area contributed by atoms with E-state index in [-0.39, 0.29) is 17.6 Å². The number of carbonyl (C=O) groups is 1. The summed E-state index contributed by atoms with van der Waals surface area (Å²) >= 11 is 0. The van der Waals surface area contributed by atoms with Gasteiger partial charge >= 0.3 is 0 Å². The van der Waals surface area contributed by atoms with Crippen LogP contribution >= 0.6 is 0 Å². The predicted molar refractivity (Wildman–Crippen MR) is 111 cm³/mol. The van der Waals surface area contributed by atoms with Crippen LogP contribution in [0.2, 0.25) is 0 Å². The van der Waals surface area contributed by atoms with Crippen LogP contribution in [0.3, 0.4) is 0 Å². The number of rotatable bonds is 6. The molecule has 29 heavy (non-hydrogen) atoms. The van der Waals surface area contributed by atoms with Crippen molar-refractivity contribution >= 4 is 11.9 Å².